The third-order valence-corrected chi connectivity index (χ3v) is 2.73. The van der Waals surface area contributed by atoms with Crippen LogP contribution in [0.2, 0.25) is 0 Å². The number of aromatic nitrogens is 1. The molecular formula is C14H14FN3O2. The molecule has 0 unspecified atom stereocenters. The number of rotatable bonds is 4. The minimum Gasteiger partial charge on any atom is -0.489 e. The zero-order valence-corrected chi connectivity index (χ0v) is 10.9. The van der Waals surface area contributed by atoms with Crippen LogP contribution in [0.5, 0.6) is 5.75 Å². The molecule has 1 aromatic carbocycles. The lowest BCUT2D eigenvalue weighted by Crippen LogP contribution is -2.15. The van der Waals surface area contributed by atoms with E-state index in [4.69, 9.17) is 15.7 Å². The van der Waals surface area contributed by atoms with E-state index >= 15 is 0 Å². The Morgan fingerprint density at radius 2 is 2.20 bits per heavy atom. The molecule has 0 amide bonds. The van der Waals surface area contributed by atoms with Crippen molar-refractivity contribution < 1.29 is 14.3 Å². The summed E-state index contributed by atoms with van der Waals surface area (Å²) < 4.78 is 18.7. The number of aryl methyl sites for hydroxylation is 1. The van der Waals surface area contributed by atoms with E-state index in [1.165, 1.54) is 6.07 Å². The maximum Gasteiger partial charge on any atom is 0.188 e. The number of halogens is 1. The summed E-state index contributed by atoms with van der Waals surface area (Å²) in [5.74, 6) is 0.242. The Hall–Kier alpha value is -2.63. The first kappa shape index (κ1) is 13.8. The van der Waals surface area contributed by atoms with Crippen molar-refractivity contribution in [2.45, 2.75) is 13.5 Å². The average molecular weight is 275 g/mol. The molecule has 1 aromatic heterocycles. The molecule has 0 spiro atoms. The fourth-order valence-electron chi connectivity index (χ4n) is 1.63. The van der Waals surface area contributed by atoms with Gasteiger partial charge in [-0.05, 0) is 48.4 Å². The summed E-state index contributed by atoms with van der Waals surface area (Å²) in [5.41, 5.74) is 7.16. The molecule has 0 fully saturated rings. The summed E-state index contributed by atoms with van der Waals surface area (Å²) in [7, 11) is 0. The molecule has 5 nitrogen and oxygen atoms in total. The van der Waals surface area contributed by atoms with E-state index < -0.39 is 0 Å². The van der Waals surface area contributed by atoms with Crippen LogP contribution < -0.4 is 10.5 Å². The van der Waals surface area contributed by atoms with Crippen molar-refractivity contribution in [2.75, 3.05) is 0 Å². The summed E-state index contributed by atoms with van der Waals surface area (Å²) in [4.78, 5) is 3.97. The smallest absolute Gasteiger partial charge is 0.188 e. The third kappa shape index (κ3) is 3.23. The number of amidine groups is 1. The van der Waals surface area contributed by atoms with E-state index in [0.29, 0.717) is 17.0 Å². The first-order chi connectivity index (χ1) is 9.60. The van der Waals surface area contributed by atoms with Gasteiger partial charge in [0.2, 0.25) is 0 Å². The second kappa shape index (κ2) is 6.01. The molecule has 0 saturated carbocycles. The fraction of sp³-hybridized carbons (Fsp3) is 0.143. The van der Waals surface area contributed by atoms with E-state index in [-0.39, 0.29) is 18.3 Å². The molecule has 3 N–H and O–H groups in total. The van der Waals surface area contributed by atoms with Crippen LogP contribution >= 0.6 is 0 Å². The van der Waals surface area contributed by atoms with Crippen molar-refractivity contribution in [3.8, 4) is 5.75 Å². The Morgan fingerprint density at radius 3 is 2.90 bits per heavy atom. The molecule has 0 bridgehead atoms. The van der Waals surface area contributed by atoms with Gasteiger partial charge in [0.25, 0.3) is 0 Å². The van der Waals surface area contributed by atoms with Gasteiger partial charge in [0, 0.05) is 6.20 Å². The SMILES string of the molecule is Cc1cc(OCc2ccnc(/C(N)=N/O)c2)ccc1F. The number of oxime groups is 1. The highest BCUT2D eigenvalue weighted by atomic mass is 19.1. The van der Waals surface area contributed by atoms with Gasteiger partial charge in [0.15, 0.2) is 5.84 Å². The molecule has 0 atom stereocenters. The zero-order chi connectivity index (χ0) is 14.5. The molecular weight excluding hydrogens is 261 g/mol. The predicted molar refractivity (Wildman–Crippen MR) is 72.2 cm³/mol. The second-order valence-electron chi connectivity index (χ2n) is 4.23. The molecule has 0 aliphatic carbocycles. The summed E-state index contributed by atoms with van der Waals surface area (Å²) >= 11 is 0. The van der Waals surface area contributed by atoms with Crippen molar-refractivity contribution in [1.29, 1.82) is 0 Å². The lowest BCUT2D eigenvalue weighted by molar-refractivity contribution is 0.305. The molecule has 2 aromatic rings. The van der Waals surface area contributed by atoms with Crippen molar-refractivity contribution in [2.24, 2.45) is 10.9 Å². The Balaban J connectivity index is 2.09. The van der Waals surface area contributed by atoms with Crippen LogP contribution in [0, 0.1) is 12.7 Å². The minimum absolute atomic E-state index is 0.0653. The maximum absolute atomic E-state index is 13.1. The molecule has 0 aliphatic rings. The molecule has 2 rings (SSSR count). The van der Waals surface area contributed by atoms with Crippen molar-refractivity contribution in [3.05, 3.63) is 59.2 Å². The van der Waals surface area contributed by atoms with Gasteiger partial charge in [-0.1, -0.05) is 5.16 Å². The normalized spacial score (nSPS) is 11.4. The van der Waals surface area contributed by atoms with Crippen LogP contribution in [0.15, 0.2) is 41.7 Å². The van der Waals surface area contributed by atoms with E-state index in [0.717, 1.165) is 5.56 Å². The van der Waals surface area contributed by atoms with E-state index in [9.17, 15) is 4.39 Å². The standard InChI is InChI=1S/C14H14FN3O2/c1-9-6-11(2-3-12(9)15)20-8-10-4-5-17-13(7-10)14(16)18-19/h2-7,19H,8H2,1H3,(H2,16,18). The number of ether oxygens (including phenoxy) is 1. The molecule has 0 radical (unpaired) electrons. The Labute approximate surface area is 115 Å². The van der Waals surface area contributed by atoms with Gasteiger partial charge in [-0.3, -0.25) is 4.98 Å². The number of nitrogens with zero attached hydrogens (tertiary/aromatic N) is 2. The third-order valence-electron chi connectivity index (χ3n) is 2.73. The fourth-order valence-corrected chi connectivity index (χ4v) is 1.63. The van der Waals surface area contributed by atoms with Crippen LogP contribution in [-0.2, 0) is 6.61 Å². The largest absolute Gasteiger partial charge is 0.489 e. The van der Waals surface area contributed by atoms with E-state index in [1.807, 2.05) is 0 Å². The summed E-state index contributed by atoms with van der Waals surface area (Å²) in [6, 6.07) is 7.96. The van der Waals surface area contributed by atoms with Crippen molar-refractivity contribution in [3.63, 3.8) is 0 Å². The number of hydrogen-bond donors (Lipinski definition) is 2. The Morgan fingerprint density at radius 1 is 1.40 bits per heavy atom. The number of pyridine rings is 1. The highest BCUT2D eigenvalue weighted by Gasteiger charge is 2.04. The zero-order valence-electron chi connectivity index (χ0n) is 10.9. The topological polar surface area (TPSA) is 80.7 Å². The van der Waals surface area contributed by atoms with Crippen molar-refractivity contribution in [1.82, 2.24) is 4.98 Å². The number of hydrogen-bond acceptors (Lipinski definition) is 4. The minimum atomic E-state index is -0.268. The van der Waals surface area contributed by atoms with Gasteiger partial charge >= 0.3 is 0 Å². The van der Waals surface area contributed by atoms with Crippen LogP contribution in [0.25, 0.3) is 0 Å². The molecule has 1 heterocycles. The Bertz CT molecular complexity index is 644. The highest BCUT2D eigenvalue weighted by molar-refractivity contribution is 5.95. The monoisotopic (exact) mass is 275 g/mol. The van der Waals surface area contributed by atoms with Gasteiger partial charge in [-0.25, -0.2) is 4.39 Å². The predicted octanol–water partition coefficient (Wildman–Crippen LogP) is 2.20. The van der Waals surface area contributed by atoms with Crippen LogP contribution in [0.4, 0.5) is 4.39 Å². The quantitative estimate of drug-likeness (QED) is 0.388. The first-order valence-electron chi connectivity index (χ1n) is 5.92. The van der Waals surface area contributed by atoms with Crippen molar-refractivity contribution >= 4 is 5.84 Å². The number of nitrogens with two attached hydrogens (primary N) is 1. The second-order valence-corrected chi connectivity index (χ2v) is 4.23. The molecule has 6 heteroatoms. The lowest BCUT2D eigenvalue weighted by Gasteiger charge is -2.08. The van der Waals surface area contributed by atoms with Gasteiger partial charge in [-0.15, -0.1) is 0 Å². The van der Waals surface area contributed by atoms with Gasteiger partial charge in [0.05, 0.1) is 0 Å². The van der Waals surface area contributed by atoms with Crippen LogP contribution in [-0.4, -0.2) is 16.0 Å². The first-order valence-corrected chi connectivity index (χ1v) is 5.92. The van der Waals surface area contributed by atoms with Gasteiger partial charge < -0.3 is 15.7 Å². The van der Waals surface area contributed by atoms with Gasteiger partial charge in [-0.2, -0.15) is 0 Å². The van der Waals surface area contributed by atoms with Crippen LogP contribution in [0.1, 0.15) is 16.8 Å². The number of benzene rings is 1. The molecule has 0 saturated heterocycles. The Kier molecular flexibility index (Phi) is 4.14. The molecule has 104 valence electrons. The van der Waals surface area contributed by atoms with E-state index in [2.05, 4.69) is 10.1 Å². The molecule has 20 heavy (non-hydrogen) atoms. The maximum atomic E-state index is 13.1. The summed E-state index contributed by atoms with van der Waals surface area (Å²) in [6.45, 7) is 1.95. The molecule has 0 aliphatic heterocycles. The summed E-state index contributed by atoms with van der Waals surface area (Å²) in [6.07, 6.45) is 1.54. The summed E-state index contributed by atoms with van der Waals surface area (Å²) in [5, 5.41) is 11.5. The van der Waals surface area contributed by atoms with Gasteiger partial charge in [0.1, 0.15) is 23.9 Å². The highest BCUT2D eigenvalue weighted by Crippen LogP contribution is 2.17. The lowest BCUT2D eigenvalue weighted by atomic mass is 10.2. The van der Waals surface area contributed by atoms with Crippen LogP contribution in [0.3, 0.4) is 0 Å². The average Bonchev–Trinajstić information content (AvgIpc) is 2.48. The van der Waals surface area contributed by atoms with E-state index in [1.54, 1.807) is 37.4 Å².